The molecule has 6 rings (SSSR count). The predicted octanol–water partition coefficient (Wildman–Crippen LogP) is 4.78. The minimum absolute atomic E-state index is 0.0806. The molecule has 2 N–H and O–H groups in total. The van der Waals surface area contributed by atoms with Gasteiger partial charge in [0, 0.05) is 12.0 Å². The predicted molar refractivity (Wildman–Crippen MR) is 148 cm³/mol. The second kappa shape index (κ2) is 9.69. The van der Waals surface area contributed by atoms with Crippen molar-refractivity contribution in [2.75, 3.05) is 32.7 Å². The molecule has 0 aromatic carbocycles. The summed E-state index contributed by atoms with van der Waals surface area (Å²) in [5, 5.41) is 14.8. The number of hydrogen-bond acceptors (Lipinski definition) is 5. The van der Waals surface area contributed by atoms with Gasteiger partial charge in [-0.3, -0.25) is 4.79 Å². The second-order valence-corrected chi connectivity index (χ2v) is 14.2. The molecule has 6 unspecified atom stereocenters. The first-order valence-corrected chi connectivity index (χ1v) is 15.8. The van der Waals surface area contributed by atoms with Crippen molar-refractivity contribution < 1.29 is 19.4 Å². The Morgan fingerprint density at radius 3 is 2.61 bits per heavy atom. The van der Waals surface area contributed by atoms with Crippen LogP contribution in [0.3, 0.4) is 0 Å². The van der Waals surface area contributed by atoms with Gasteiger partial charge in [-0.15, -0.1) is 0 Å². The van der Waals surface area contributed by atoms with Crippen LogP contribution in [0.5, 0.6) is 0 Å². The smallest absolute Gasteiger partial charge is 0.315 e. The van der Waals surface area contributed by atoms with Crippen LogP contribution in [0.4, 0.5) is 0 Å². The fraction of sp³-hybridized carbons (Fsp3) is 0.875. The molecule has 4 bridgehead atoms. The van der Waals surface area contributed by atoms with Crippen LogP contribution in [-0.2, 0) is 14.3 Å². The highest BCUT2D eigenvalue weighted by molar-refractivity contribution is 5.90. The zero-order valence-corrected chi connectivity index (χ0v) is 24.1. The highest BCUT2D eigenvalue weighted by atomic mass is 16.5. The summed E-state index contributed by atoms with van der Waals surface area (Å²) in [4.78, 5) is 29.6. The molecule has 0 radical (unpaired) electrons. The van der Waals surface area contributed by atoms with Crippen LogP contribution in [-0.4, -0.2) is 67.2 Å². The first-order chi connectivity index (χ1) is 18.2. The zero-order valence-electron chi connectivity index (χ0n) is 24.1. The Balaban J connectivity index is 1.29. The lowest BCUT2D eigenvalue weighted by molar-refractivity contribution is -0.197. The van der Waals surface area contributed by atoms with Crippen LogP contribution < -0.4 is 5.32 Å². The monoisotopic (exact) mass is 526 g/mol. The fourth-order valence-electron chi connectivity index (χ4n) is 11.1. The molecule has 6 aliphatic rings. The van der Waals surface area contributed by atoms with Crippen molar-refractivity contribution >= 4 is 12.3 Å². The molecule has 0 aromatic heterocycles. The SMILES string of the molecule is CCNCC1CCN(CC2CCC(C34C[C@@H]5[C@H](C)CC[C@H]5C5(C=O)CC3C=C(C(C)C)C45C(=O)O)O2)CC1. The molecular weight excluding hydrogens is 476 g/mol. The molecule has 2 aliphatic heterocycles. The third kappa shape index (κ3) is 3.41. The van der Waals surface area contributed by atoms with E-state index in [0.29, 0.717) is 18.3 Å². The van der Waals surface area contributed by atoms with E-state index in [9.17, 15) is 14.7 Å². The summed E-state index contributed by atoms with van der Waals surface area (Å²) in [6.45, 7) is 14.1. The van der Waals surface area contributed by atoms with Crippen LogP contribution in [0, 0.1) is 51.8 Å². The highest BCUT2D eigenvalue weighted by Gasteiger charge is 2.86. The number of fused-ring (bicyclic) bond motifs is 2. The highest BCUT2D eigenvalue weighted by Crippen LogP contribution is 2.84. The van der Waals surface area contributed by atoms with Crippen molar-refractivity contribution in [3.05, 3.63) is 11.6 Å². The van der Waals surface area contributed by atoms with Gasteiger partial charge in [-0.05, 0) is 107 Å². The number of allylic oxidation sites excluding steroid dienone is 1. The number of aldehydes is 1. The number of carboxylic acids is 1. The number of nitrogens with one attached hydrogen (secondary N) is 1. The lowest BCUT2D eigenvalue weighted by atomic mass is 9.41. The largest absolute Gasteiger partial charge is 0.481 e. The van der Waals surface area contributed by atoms with E-state index in [1.54, 1.807) is 0 Å². The number of carbonyl (C=O) groups excluding carboxylic acids is 1. The minimum Gasteiger partial charge on any atom is -0.481 e. The van der Waals surface area contributed by atoms with Gasteiger partial charge < -0.3 is 24.9 Å². The van der Waals surface area contributed by atoms with Gasteiger partial charge in [0.15, 0.2) is 0 Å². The Morgan fingerprint density at radius 1 is 1.18 bits per heavy atom. The van der Waals surface area contributed by atoms with Gasteiger partial charge in [-0.25, -0.2) is 0 Å². The third-order valence-corrected chi connectivity index (χ3v) is 12.5. The number of likely N-dealkylation sites (tertiary alicyclic amines) is 1. The minimum atomic E-state index is -1.12. The van der Waals surface area contributed by atoms with Gasteiger partial charge in [0.25, 0.3) is 0 Å². The van der Waals surface area contributed by atoms with Crippen LogP contribution in [0.15, 0.2) is 11.6 Å². The van der Waals surface area contributed by atoms with E-state index < -0.39 is 22.2 Å². The summed E-state index contributed by atoms with van der Waals surface area (Å²) >= 11 is 0. The Labute approximate surface area is 229 Å². The third-order valence-electron chi connectivity index (χ3n) is 12.5. The number of piperidine rings is 1. The van der Waals surface area contributed by atoms with E-state index >= 15 is 0 Å². The van der Waals surface area contributed by atoms with Crippen LogP contribution in [0.25, 0.3) is 0 Å². The van der Waals surface area contributed by atoms with E-state index in [-0.39, 0.29) is 30.0 Å². The molecule has 5 fully saturated rings. The van der Waals surface area contributed by atoms with Crippen LogP contribution in [0.1, 0.15) is 79.1 Å². The Hall–Kier alpha value is -1.24. The van der Waals surface area contributed by atoms with Crippen molar-refractivity contribution in [1.29, 1.82) is 0 Å². The number of carbonyl (C=O) groups is 2. The quantitative estimate of drug-likeness (QED) is 0.333. The number of aliphatic carboxylic acids is 1. The van der Waals surface area contributed by atoms with Crippen molar-refractivity contribution in [2.45, 2.75) is 91.3 Å². The first-order valence-electron chi connectivity index (χ1n) is 15.8. The number of rotatable bonds is 9. The number of nitrogens with zero attached hydrogens (tertiary/aromatic N) is 1. The lowest BCUT2D eigenvalue weighted by Crippen LogP contribution is -2.65. The normalized spacial score (nSPS) is 46.5. The maximum Gasteiger partial charge on any atom is 0.315 e. The van der Waals surface area contributed by atoms with Crippen LogP contribution >= 0.6 is 0 Å². The van der Waals surface area contributed by atoms with E-state index in [0.717, 1.165) is 82.6 Å². The molecule has 0 amide bonds. The lowest BCUT2D eigenvalue weighted by Gasteiger charge is -2.60. The van der Waals surface area contributed by atoms with Crippen molar-refractivity contribution in [3.8, 4) is 0 Å². The Kier molecular flexibility index (Phi) is 6.88. The molecule has 2 heterocycles. The molecule has 0 spiro atoms. The summed E-state index contributed by atoms with van der Waals surface area (Å²) in [6, 6.07) is 0. The van der Waals surface area contributed by atoms with Crippen molar-refractivity contribution in [2.24, 2.45) is 51.8 Å². The first kappa shape index (κ1) is 27.0. The average molecular weight is 527 g/mol. The van der Waals surface area contributed by atoms with Gasteiger partial charge >= 0.3 is 5.97 Å². The molecule has 38 heavy (non-hydrogen) atoms. The number of ether oxygens (including phenoxy) is 1. The number of carboxylic acid groups (broad SMARTS) is 1. The van der Waals surface area contributed by atoms with E-state index in [2.05, 4.69) is 44.0 Å². The molecule has 0 aromatic rings. The number of hydrogen-bond donors (Lipinski definition) is 2. The maximum absolute atomic E-state index is 13.7. The summed E-state index contributed by atoms with van der Waals surface area (Å²) in [6.07, 6.45) is 11.7. The molecule has 3 saturated carbocycles. The van der Waals surface area contributed by atoms with Gasteiger partial charge in [0.2, 0.25) is 0 Å². The van der Waals surface area contributed by atoms with E-state index in [4.69, 9.17) is 4.74 Å². The van der Waals surface area contributed by atoms with Gasteiger partial charge in [0.1, 0.15) is 11.7 Å². The molecule has 6 heteroatoms. The molecular formula is C32H50N2O4. The Morgan fingerprint density at radius 2 is 1.95 bits per heavy atom. The average Bonchev–Trinajstić information content (AvgIpc) is 3.63. The van der Waals surface area contributed by atoms with E-state index in [1.807, 2.05) is 0 Å². The molecule has 6 nitrogen and oxygen atoms in total. The van der Waals surface area contributed by atoms with Gasteiger partial charge in [-0.1, -0.05) is 45.8 Å². The summed E-state index contributed by atoms with van der Waals surface area (Å²) in [5.74, 6) is 1.43. The summed E-state index contributed by atoms with van der Waals surface area (Å²) in [5.41, 5.74) is -1.37. The fourth-order valence-corrected chi connectivity index (χ4v) is 11.1. The van der Waals surface area contributed by atoms with E-state index in [1.165, 1.54) is 12.8 Å². The zero-order chi connectivity index (χ0) is 26.9. The van der Waals surface area contributed by atoms with Gasteiger partial charge in [0.05, 0.1) is 17.6 Å². The molecule has 4 aliphatic carbocycles. The molecule has 9 atom stereocenters. The summed E-state index contributed by atoms with van der Waals surface area (Å²) < 4.78 is 7.01. The topological polar surface area (TPSA) is 78.9 Å². The van der Waals surface area contributed by atoms with Crippen molar-refractivity contribution in [1.82, 2.24) is 10.2 Å². The molecule has 2 saturated heterocycles. The molecule has 212 valence electrons. The van der Waals surface area contributed by atoms with Crippen molar-refractivity contribution in [3.63, 3.8) is 0 Å². The standard InChI is InChI=1S/C32H50N2O4/c1-5-33-17-22-10-12-34(13-11-22)18-24-7-9-28(38-24)31-16-25-21(4)6-8-26(25)30(19-35)15-23(31)14-27(20(2)3)32(30,31)29(36)37/h14,19-26,28,33H,5-13,15-18H2,1-4H3,(H,36,37)/t21-,23?,24?,25-,26-,28?,30?,31?,32?/m1/s1. The maximum atomic E-state index is 13.7. The van der Waals surface area contributed by atoms with Crippen LogP contribution in [0.2, 0.25) is 0 Å². The Bertz CT molecular complexity index is 973. The van der Waals surface area contributed by atoms with Gasteiger partial charge in [-0.2, -0.15) is 0 Å². The summed E-state index contributed by atoms with van der Waals surface area (Å²) in [7, 11) is 0. The second-order valence-electron chi connectivity index (χ2n) is 14.2.